The van der Waals surface area contributed by atoms with Crippen LogP contribution in [-0.4, -0.2) is 15.9 Å². The van der Waals surface area contributed by atoms with E-state index in [9.17, 15) is 18.0 Å². The first-order valence-electron chi connectivity index (χ1n) is 9.27. The first-order valence-corrected chi connectivity index (χ1v) is 9.27. The van der Waals surface area contributed by atoms with Gasteiger partial charge in [0.05, 0.1) is 22.6 Å². The summed E-state index contributed by atoms with van der Waals surface area (Å²) in [5, 5.41) is 2.87. The smallest absolute Gasteiger partial charge is 0.349 e. The normalized spacial score (nSPS) is 12.9. The molecule has 4 nitrogen and oxygen atoms in total. The number of para-hydroxylation sites is 2. The molecule has 1 atom stereocenters. The molecule has 0 saturated heterocycles. The van der Waals surface area contributed by atoms with Crippen LogP contribution in [0.4, 0.5) is 13.2 Å². The number of hydrogen-bond donors (Lipinski definition) is 2. The maximum atomic E-state index is 13.0. The molecule has 2 N–H and O–H groups in total. The number of aromatic nitrogens is 2. The number of H-pyrrole nitrogens is 1. The Morgan fingerprint density at radius 2 is 1.96 bits per heavy atom. The van der Waals surface area contributed by atoms with E-state index >= 15 is 0 Å². The number of alkyl halides is 3. The number of carbonyl (C=O) groups excluding carboxylic acids is 1. The third kappa shape index (κ3) is 4.91. The Labute approximate surface area is 161 Å². The van der Waals surface area contributed by atoms with Crippen molar-refractivity contribution in [3.05, 3.63) is 65.5 Å². The van der Waals surface area contributed by atoms with Crippen molar-refractivity contribution in [1.29, 1.82) is 0 Å². The fourth-order valence-electron chi connectivity index (χ4n) is 3.17. The Kier molecular flexibility index (Phi) is 6.02. The topological polar surface area (TPSA) is 57.8 Å². The van der Waals surface area contributed by atoms with Crippen LogP contribution in [0, 0.1) is 0 Å². The molecule has 1 aromatic heterocycles. The molecular formula is C21H22F3N3O. The minimum Gasteiger partial charge on any atom is -0.349 e. The second kappa shape index (κ2) is 8.46. The Morgan fingerprint density at radius 1 is 1.18 bits per heavy atom. The number of rotatable bonds is 7. The van der Waals surface area contributed by atoms with Crippen LogP contribution in [0.1, 0.15) is 49.2 Å². The number of carbonyl (C=O) groups is 1. The van der Waals surface area contributed by atoms with E-state index in [0.717, 1.165) is 29.6 Å². The Bertz CT molecular complexity index is 916. The summed E-state index contributed by atoms with van der Waals surface area (Å²) >= 11 is 0. The third-order valence-electron chi connectivity index (χ3n) is 4.56. The lowest BCUT2D eigenvalue weighted by atomic mass is 9.99. The highest BCUT2D eigenvalue weighted by Gasteiger charge is 2.31. The predicted octanol–water partition coefficient (Wildman–Crippen LogP) is 5.17. The van der Waals surface area contributed by atoms with E-state index in [4.69, 9.17) is 0 Å². The Balaban J connectivity index is 1.65. The van der Waals surface area contributed by atoms with Gasteiger partial charge >= 0.3 is 6.18 Å². The van der Waals surface area contributed by atoms with Gasteiger partial charge < -0.3 is 10.3 Å². The molecule has 0 aliphatic carbocycles. The van der Waals surface area contributed by atoms with Gasteiger partial charge in [-0.3, -0.25) is 4.79 Å². The third-order valence-corrected chi connectivity index (χ3v) is 4.56. The molecule has 28 heavy (non-hydrogen) atoms. The van der Waals surface area contributed by atoms with Crippen molar-refractivity contribution < 1.29 is 18.0 Å². The lowest BCUT2D eigenvalue weighted by molar-refractivity contribution is -0.137. The molecule has 1 unspecified atom stereocenters. The summed E-state index contributed by atoms with van der Waals surface area (Å²) in [5.41, 5.74) is 1.51. The van der Waals surface area contributed by atoms with Gasteiger partial charge in [0.1, 0.15) is 5.82 Å². The first kappa shape index (κ1) is 19.9. The highest BCUT2D eigenvalue weighted by Crippen LogP contribution is 2.31. The zero-order chi connectivity index (χ0) is 20.1. The molecule has 0 fully saturated rings. The molecule has 3 aromatic rings. The van der Waals surface area contributed by atoms with E-state index in [2.05, 4.69) is 15.3 Å². The number of aromatic amines is 1. The molecule has 1 heterocycles. The summed E-state index contributed by atoms with van der Waals surface area (Å²) in [6.07, 6.45) is -2.46. The number of halogens is 3. The van der Waals surface area contributed by atoms with Gasteiger partial charge in [0.15, 0.2) is 0 Å². The van der Waals surface area contributed by atoms with Crippen LogP contribution in [0.3, 0.4) is 0 Å². The molecule has 1 amide bonds. The SMILES string of the molecule is CCCC(NC(=O)CCc1nc2ccccc2[nH]1)c1cccc(C(F)(F)F)c1. The molecule has 3 rings (SSSR count). The summed E-state index contributed by atoms with van der Waals surface area (Å²) < 4.78 is 38.9. The number of benzene rings is 2. The van der Waals surface area contributed by atoms with Crippen LogP contribution in [0.15, 0.2) is 48.5 Å². The number of nitrogens with one attached hydrogen (secondary N) is 2. The number of imidazole rings is 1. The molecule has 7 heteroatoms. The summed E-state index contributed by atoms with van der Waals surface area (Å²) in [6.45, 7) is 1.93. The summed E-state index contributed by atoms with van der Waals surface area (Å²) in [5.74, 6) is 0.499. The van der Waals surface area contributed by atoms with Gasteiger partial charge in [0.25, 0.3) is 0 Å². The second-order valence-electron chi connectivity index (χ2n) is 6.73. The van der Waals surface area contributed by atoms with Crippen molar-refractivity contribution in [2.24, 2.45) is 0 Å². The van der Waals surface area contributed by atoms with Crippen molar-refractivity contribution in [2.45, 2.75) is 44.8 Å². The van der Waals surface area contributed by atoms with Gasteiger partial charge in [-0.15, -0.1) is 0 Å². The fourth-order valence-corrected chi connectivity index (χ4v) is 3.17. The van der Waals surface area contributed by atoms with E-state index in [0.29, 0.717) is 24.2 Å². The molecule has 0 bridgehead atoms. The highest BCUT2D eigenvalue weighted by atomic mass is 19.4. The largest absolute Gasteiger partial charge is 0.416 e. The zero-order valence-corrected chi connectivity index (χ0v) is 15.5. The van der Waals surface area contributed by atoms with Crippen LogP contribution in [0.5, 0.6) is 0 Å². The average molecular weight is 389 g/mol. The molecule has 0 aliphatic rings. The Hall–Kier alpha value is -2.83. The van der Waals surface area contributed by atoms with E-state index in [1.54, 1.807) is 6.07 Å². The van der Waals surface area contributed by atoms with Gasteiger partial charge in [0, 0.05) is 12.8 Å². The number of amides is 1. The fraction of sp³-hybridized carbons (Fsp3) is 0.333. The number of hydrogen-bond acceptors (Lipinski definition) is 2. The van der Waals surface area contributed by atoms with Gasteiger partial charge in [-0.05, 0) is 36.2 Å². The minimum absolute atomic E-state index is 0.207. The lowest BCUT2D eigenvalue weighted by Crippen LogP contribution is -2.29. The zero-order valence-electron chi connectivity index (χ0n) is 15.5. The van der Waals surface area contributed by atoms with E-state index in [1.807, 2.05) is 31.2 Å². The van der Waals surface area contributed by atoms with Gasteiger partial charge in [-0.1, -0.05) is 37.6 Å². The quantitative estimate of drug-likeness (QED) is 0.586. The van der Waals surface area contributed by atoms with Crippen LogP contribution in [0.25, 0.3) is 11.0 Å². The van der Waals surface area contributed by atoms with Crippen molar-refractivity contribution in [3.8, 4) is 0 Å². The average Bonchev–Trinajstić information content (AvgIpc) is 3.08. The van der Waals surface area contributed by atoms with Gasteiger partial charge in [-0.2, -0.15) is 13.2 Å². The van der Waals surface area contributed by atoms with Crippen LogP contribution < -0.4 is 5.32 Å². The number of fused-ring (bicyclic) bond motifs is 1. The van der Waals surface area contributed by atoms with Crippen LogP contribution in [0.2, 0.25) is 0 Å². The second-order valence-corrected chi connectivity index (χ2v) is 6.73. The minimum atomic E-state index is -4.40. The van der Waals surface area contributed by atoms with Crippen LogP contribution >= 0.6 is 0 Å². The number of nitrogens with zero attached hydrogens (tertiary/aromatic N) is 1. The predicted molar refractivity (Wildman–Crippen MR) is 102 cm³/mol. The van der Waals surface area contributed by atoms with Crippen molar-refractivity contribution in [1.82, 2.24) is 15.3 Å². The first-order chi connectivity index (χ1) is 13.4. The molecule has 148 valence electrons. The molecule has 0 spiro atoms. The molecule has 2 aromatic carbocycles. The monoisotopic (exact) mass is 389 g/mol. The van der Waals surface area contributed by atoms with Crippen molar-refractivity contribution in [2.75, 3.05) is 0 Å². The summed E-state index contributed by atoms with van der Waals surface area (Å²) in [7, 11) is 0. The van der Waals surface area contributed by atoms with Crippen LogP contribution in [-0.2, 0) is 17.4 Å². The molecule has 0 saturated carbocycles. The maximum absolute atomic E-state index is 13.0. The standard InChI is InChI=1S/C21H22F3N3O/c1-2-6-16(14-7-5-8-15(13-14)21(22,23)24)27-20(28)12-11-19-25-17-9-3-4-10-18(17)26-19/h3-5,7-10,13,16H,2,6,11-12H2,1H3,(H,25,26)(H,27,28). The van der Waals surface area contributed by atoms with E-state index < -0.39 is 17.8 Å². The Morgan fingerprint density at radius 3 is 2.68 bits per heavy atom. The highest BCUT2D eigenvalue weighted by molar-refractivity contribution is 5.77. The van der Waals surface area contributed by atoms with Crippen molar-refractivity contribution in [3.63, 3.8) is 0 Å². The van der Waals surface area contributed by atoms with Gasteiger partial charge in [-0.25, -0.2) is 4.98 Å². The van der Waals surface area contributed by atoms with Crippen molar-refractivity contribution >= 4 is 16.9 Å². The molecular weight excluding hydrogens is 367 g/mol. The van der Waals surface area contributed by atoms with E-state index in [1.165, 1.54) is 6.07 Å². The lowest BCUT2D eigenvalue weighted by Gasteiger charge is -2.20. The summed E-state index contributed by atoms with van der Waals surface area (Å²) in [4.78, 5) is 20.0. The summed E-state index contributed by atoms with van der Waals surface area (Å²) in [6, 6.07) is 12.3. The van der Waals surface area contributed by atoms with Gasteiger partial charge in [0.2, 0.25) is 5.91 Å². The number of aryl methyl sites for hydroxylation is 1. The molecule has 0 aliphatic heterocycles. The molecule has 0 radical (unpaired) electrons. The van der Waals surface area contributed by atoms with E-state index in [-0.39, 0.29) is 12.3 Å². The maximum Gasteiger partial charge on any atom is 0.416 e.